The first kappa shape index (κ1) is 18.0. The smallest absolute Gasteiger partial charge is 0.481 e. The van der Waals surface area contributed by atoms with Gasteiger partial charge in [-0.1, -0.05) is 0 Å². The fourth-order valence-electron chi connectivity index (χ4n) is 0.836. The van der Waals surface area contributed by atoms with E-state index < -0.39 is 42.5 Å². The first-order valence-corrected chi connectivity index (χ1v) is 3.78. The summed E-state index contributed by atoms with van der Waals surface area (Å²) in [5, 5.41) is 34.1. The lowest BCUT2D eigenvalue weighted by Crippen LogP contribution is -2.43. The minimum Gasteiger partial charge on any atom is -0.481 e. The predicted molar refractivity (Wildman–Crippen MR) is 52.1 cm³/mol. The molecular weight excluding hydrogens is 252 g/mol. The molecule has 0 fully saturated rings. The van der Waals surface area contributed by atoms with Crippen molar-refractivity contribution in [3.8, 4) is 0 Å². The normalized spacial score (nSPS) is 12.8. The SMILES string of the molecule is O=C(O)CC(O)(CC(=O)OC(=O)O)C(=O)O.[MgH2]. The van der Waals surface area contributed by atoms with Gasteiger partial charge in [-0.05, 0) is 0 Å². The minimum atomic E-state index is -2.89. The van der Waals surface area contributed by atoms with Crippen molar-refractivity contribution in [1.82, 2.24) is 0 Å². The average molecular weight is 262 g/mol. The molecule has 0 heterocycles. The molecule has 0 radical (unpaired) electrons. The summed E-state index contributed by atoms with van der Waals surface area (Å²) in [5.41, 5.74) is -2.89. The average Bonchev–Trinajstić information content (AvgIpc) is 1.98. The molecule has 0 aromatic heterocycles. The third-order valence-corrected chi connectivity index (χ3v) is 1.48. The van der Waals surface area contributed by atoms with Crippen LogP contribution in [0.5, 0.6) is 0 Å². The maximum absolute atomic E-state index is 10.7. The number of aliphatic hydroxyl groups is 1. The van der Waals surface area contributed by atoms with Gasteiger partial charge in [-0.2, -0.15) is 0 Å². The van der Waals surface area contributed by atoms with E-state index in [4.69, 9.17) is 15.3 Å². The number of carbonyl (C=O) groups excluding carboxylic acids is 1. The van der Waals surface area contributed by atoms with Gasteiger partial charge in [-0.15, -0.1) is 0 Å². The highest BCUT2D eigenvalue weighted by atomic mass is 24.3. The van der Waals surface area contributed by atoms with Gasteiger partial charge in [-0.25, -0.2) is 9.59 Å². The molecule has 0 aromatic carbocycles. The molecule has 0 aliphatic carbocycles. The van der Waals surface area contributed by atoms with E-state index in [0.29, 0.717) is 0 Å². The van der Waals surface area contributed by atoms with Crippen molar-refractivity contribution in [2.45, 2.75) is 18.4 Å². The zero-order valence-corrected chi connectivity index (χ0v) is 7.74. The van der Waals surface area contributed by atoms with Crippen LogP contribution >= 0.6 is 0 Å². The van der Waals surface area contributed by atoms with Gasteiger partial charge >= 0.3 is 47.1 Å². The second-order valence-electron chi connectivity index (χ2n) is 2.82. The van der Waals surface area contributed by atoms with Gasteiger partial charge in [0.05, 0.1) is 12.8 Å². The van der Waals surface area contributed by atoms with Gasteiger partial charge < -0.3 is 25.2 Å². The Labute approximate surface area is 110 Å². The molecule has 17 heavy (non-hydrogen) atoms. The Balaban J connectivity index is 0. The molecular formula is C7H10MgO9. The van der Waals surface area contributed by atoms with Crippen LogP contribution < -0.4 is 0 Å². The summed E-state index contributed by atoms with van der Waals surface area (Å²) in [6, 6.07) is 0. The van der Waals surface area contributed by atoms with Crippen LogP contribution in [0.1, 0.15) is 12.8 Å². The van der Waals surface area contributed by atoms with Crippen molar-refractivity contribution in [2.75, 3.05) is 0 Å². The molecule has 4 N–H and O–H groups in total. The molecule has 0 aliphatic heterocycles. The molecule has 0 aliphatic rings. The van der Waals surface area contributed by atoms with E-state index in [-0.39, 0.29) is 23.1 Å². The second-order valence-corrected chi connectivity index (χ2v) is 2.82. The number of aliphatic carboxylic acids is 2. The van der Waals surface area contributed by atoms with Gasteiger partial charge in [-0.3, -0.25) is 9.59 Å². The summed E-state index contributed by atoms with van der Waals surface area (Å²) in [4.78, 5) is 41.4. The van der Waals surface area contributed by atoms with E-state index in [9.17, 15) is 24.3 Å². The molecule has 0 aromatic rings. The Morgan fingerprint density at radius 1 is 1.00 bits per heavy atom. The first-order valence-electron chi connectivity index (χ1n) is 3.78. The Morgan fingerprint density at radius 2 is 1.47 bits per heavy atom. The molecule has 10 heteroatoms. The Morgan fingerprint density at radius 3 is 1.76 bits per heavy atom. The lowest BCUT2D eigenvalue weighted by molar-refractivity contribution is -0.170. The van der Waals surface area contributed by atoms with Crippen LogP contribution in [0.2, 0.25) is 0 Å². The van der Waals surface area contributed by atoms with Crippen LogP contribution in [0.4, 0.5) is 4.79 Å². The summed E-state index contributed by atoms with van der Waals surface area (Å²) in [5.74, 6) is -5.18. The largest absolute Gasteiger partial charge is 0.513 e. The summed E-state index contributed by atoms with van der Waals surface area (Å²) in [6.45, 7) is 0. The Bertz CT molecular complexity index is 338. The number of carbonyl (C=O) groups is 4. The second kappa shape index (κ2) is 7.03. The van der Waals surface area contributed by atoms with Crippen molar-refractivity contribution in [3.63, 3.8) is 0 Å². The highest BCUT2D eigenvalue weighted by Crippen LogP contribution is 2.16. The zero-order chi connectivity index (χ0) is 12.9. The van der Waals surface area contributed by atoms with Crippen molar-refractivity contribution in [3.05, 3.63) is 0 Å². The van der Waals surface area contributed by atoms with E-state index >= 15 is 0 Å². The fourth-order valence-corrected chi connectivity index (χ4v) is 0.836. The third-order valence-electron chi connectivity index (χ3n) is 1.48. The first-order chi connectivity index (χ1) is 7.17. The molecule has 94 valence electrons. The number of ether oxygens (including phenoxy) is 1. The van der Waals surface area contributed by atoms with Crippen molar-refractivity contribution in [1.29, 1.82) is 0 Å². The van der Waals surface area contributed by atoms with Gasteiger partial charge in [0.15, 0.2) is 5.60 Å². The molecule has 0 rings (SSSR count). The summed E-state index contributed by atoms with van der Waals surface area (Å²) < 4.78 is 3.54. The number of carboxylic acid groups (broad SMARTS) is 3. The molecule has 0 spiro atoms. The number of hydrogen-bond acceptors (Lipinski definition) is 6. The van der Waals surface area contributed by atoms with E-state index in [1.165, 1.54) is 0 Å². The lowest BCUT2D eigenvalue weighted by atomic mass is 9.96. The van der Waals surface area contributed by atoms with Crippen LogP contribution in [0.15, 0.2) is 0 Å². The topological polar surface area (TPSA) is 158 Å². The van der Waals surface area contributed by atoms with Crippen molar-refractivity contribution in [2.24, 2.45) is 0 Å². The summed E-state index contributed by atoms with van der Waals surface area (Å²) >= 11 is 0. The summed E-state index contributed by atoms with van der Waals surface area (Å²) in [6.07, 6.45) is -4.51. The van der Waals surface area contributed by atoms with Crippen LogP contribution in [0, 0.1) is 0 Å². The van der Waals surface area contributed by atoms with Gasteiger partial charge in [0.1, 0.15) is 0 Å². The van der Waals surface area contributed by atoms with Crippen molar-refractivity contribution >= 4 is 47.1 Å². The molecule has 0 saturated heterocycles. The standard InChI is InChI=1S/C7H8O9.Mg.2H/c8-3(9)1-7(15,5(11)12)2-4(10)16-6(13)14;;;/h15H,1-2H2,(H,8,9)(H,11,12)(H,13,14);;;. The van der Waals surface area contributed by atoms with Crippen LogP contribution in [0.25, 0.3) is 0 Å². The molecule has 9 nitrogen and oxygen atoms in total. The maximum Gasteiger partial charge on any atom is 0.513 e. The summed E-state index contributed by atoms with van der Waals surface area (Å²) in [7, 11) is 0. The van der Waals surface area contributed by atoms with Crippen LogP contribution in [-0.4, -0.2) is 73.1 Å². The molecule has 1 atom stereocenters. The molecule has 0 amide bonds. The van der Waals surface area contributed by atoms with Crippen LogP contribution in [0.3, 0.4) is 0 Å². The van der Waals surface area contributed by atoms with Crippen molar-refractivity contribution < 1.29 is 44.3 Å². The number of esters is 1. The lowest BCUT2D eigenvalue weighted by Gasteiger charge is -2.19. The van der Waals surface area contributed by atoms with E-state index in [2.05, 4.69) is 4.74 Å². The van der Waals surface area contributed by atoms with Gasteiger partial charge in [0.2, 0.25) is 0 Å². The molecule has 0 bridgehead atoms. The Kier molecular flexibility index (Phi) is 7.44. The molecule has 0 saturated carbocycles. The molecule has 1 unspecified atom stereocenters. The Hall–Kier alpha value is -1.39. The van der Waals surface area contributed by atoms with E-state index in [1.807, 2.05) is 0 Å². The fraction of sp³-hybridized carbons (Fsp3) is 0.429. The number of rotatable bonds is 5. The van der Waals surface area contributed by atoms with Crippen LogP contribution in [-0.2, 0) is 19.1 Å². The predicted octanol–water partition coefficient (Wildman–Crippen LogP) is -2.03. The highest BCUT2D eigenvalue weighted by molar-refractivity contribution is 5.90. The maximum atomic E-state index is 10.7. The van der Waals surface area contributed by atoms with Gasteiger partial charge in [0, 0.05) is 0 Å². The monoisotopic (exact) mass is 262 g/mol. The zero-order valence-electron chi connectivity index (χ0n) is 7.74. The third kappa shape index (κ3) is 6.70. The van der Waals surface area contributed by atoms with Gasteiger partial charge in [0.25, 0.3) is 0 Å². The minimum absolute atomic E-state index is 0. The quantitative estimate of drug-likeness (QED) is 0.249. The van der Waals surface area contributed by atoms with E-state index in [1.54, 1.807) is 0 Å². The van der Waals surface area contributed by atoms with E-state index in [0.717, 1.165) is 0 Å². The number of hydrogen-bond donors (Lipinski definition) is 4. The highest BCUT2D eigenvalue weighted by Gasteiger charge is 2.41. The number of carboxylic acids is 2.